The fourth-order valence-corrected chi connectivity index (χ4v) is 3.70. The van der Waals surface area contributed by atoms with Crippen LogP contribution in [0.4, 0.5) is 15.9 Å². The Bertz CT molecular complexity index is 1310. The molecule has 0 saturated heterocycles. The number of nitrogens with one attached hydrogen (secondary N) is 1. The van der Waals surface area contributed by atoms with Crippen molar-refractivity contribution < 1.29 is 12.8 Å². The second-order valence-corrected chi connectivity index (χ2v) is 8.75. The summed E-state index contributed by atoms with van der Waals surface area (Å²) in [6.45, 7) is 1.86. The van der Waals surface area contributed by atoms with Gasteiger partial charge in [-0.1, -0.05) is 0 Å². The van der Waals surface area contributed by atoms with E-state index in [4.69, 9.17) is 0 Å². The van der Waals surface area contributed by atoms with Gasteiger partial charge in [-0.15, -0.1) is 0 Å². The molecule has 2 aromatic carbocycles. The molecule has 9 heteroatoms. The van der Waals surface area contributed by atoms with Crippen LogP contribution in [-0.2, 0) is 16.9 Å². The van der Waals surface area contributed by atoms with E-state index in [9.17, 15) is 12.8 Å². The van der Waals surface area contributed by atoms with Crippen LogP contribution in [0, 0.1) is 12.7 Å². The zero-order valence-corrected chi connectivity index (χ0v) is 16.8. The van der Waals surface area contributed by atoms with Gasteiger partial charge in [-0.2, -0.15) is 5.10 Å². The molecule has 0 amide bonds. The van der Waals surface area contributed by atoms with Crippen molar-refractivity contribution in [3.05, 3.63) is 60.0 Å². The number of aromatic nitrogens is 4. The minimum absolute atomic E-state index is 0.235. The van der Waals surface area contributed by atoms with Crippen molar-refractivity contribution in [2.45, 2.75) is 11.8 Å². The minimum atomic E-state index is -3.27. The quantitative estimate of drug-likeness (QED) is 0.552. The van der Waals surface area contributed by atoms with Gasteiger partial charge in [-0.05, 0) is 55.5 Å². The average Bonchev–Trinajstić information content (AvgIpc) is 2.96. The molecule has 0 aliphatic heterocycles. The number of nitrogens with zero attached hydrogens (tertiary/aromatic N) is 4. The standard InChI is InChI=1S/C20H18FN5O2S/c1-12-17-18(26(2)25-12)20(22-15-8-10-16(11-9-15)29(3,27)28)24-19(23-17)13-4-6-14(21)7-5-13/h4-11H,1-3H3,(H,22,23,24). The molecule has 4 rings (SSSR count). The van der Waals surface area contributed by atoms with E-state index in [1.165, 1.54) is 24.3 Å². The predicted molar refractivity (Wildman–Crippen MR) is 109 cm³/mol. The molecule has 29 heavy (non-hydrogen) atoms. The monoisotopic (exact) mass is 411 g/mol. The van der Waals surface area contributed by atoms with Gasteiger partial charge in [0.25, 0.3) is 0 Å². The van der Waals surface area contributed by atoms with Crippen molar-refractivity contribution in [1.29, 1.82) is 0 Å². The Morgan fingerprint density at radius 2 is 1.66 bits per heavy atom. The number of hydrogen-bond acceptors (Lipinski definition) is 6. The van der Waals surface area contributed by atoms with Crippen LogP contribution in [0.1, 0.15) is 5.69 Å². The summed E-state index contributed by atoms with van der Waals surface area (Å²) in [6.07, 6.45) is 1.16. The molecular formula is C20H18FN5O2S. The highest BCUT2D eigenvalue weighted by atomic mass is 32.2. The van der Waals surface area contributed by atoms with Crippen molar-refractivity contribution in [2.24, 2.45) is 7.05 Å². The van der Waals surface area contributed by atoms with E-state index in [0.717, 1.165) is 11.9 Å². The van der Waals surface area contributed by atoms with E-state index in [-0.39, 0.29) is 10.7 Å². The third-order valence-electron chi connectivity index (χ3n) is 4.50. The first kappa shape index (κ1) is 19.0. The van der Waals surface area contributed by atoms with E-state index in [0.29, 0.717) is 33.9 Å². The van der Waals surface area contributed by atoms with Crippen LogP contribution < -0.4 is 5.32 Å². The highest BCUT2D eigenvalue weighted by Crippen LogP contribution is 2.29. The molecule has 0 bridgehead atoms. The van der Waals surface area contributed by atoms with E-state index >= 15 is 0 Å². The lowest BCUT2D eigenvalue weighted by Gasteiger charge is -2.10. The summed E-state index contributed by atoms with van der Waals surface area (Å²) in [5, 5.41) is 7.64. The molecule has 0 atom stereocenters. The number of benzene rings is 2. The van der Waals surface area contributed by atoms with E-state index in [1.807, 2.05) is 6.92 Å². The summed E-state index contributed by atoms with van der Waals surface area (Å²) in [4.78, 5) is 9.46. The van der Waals surface area contributed by atoms with Gasteiger partial charge in [0.05, 0.1) is 10.6 Å². The van der Waals surface area contributed by atoms with Gasteiger partial charge in [0, 0.05) is 24.6 Å². The number of rotatable bonds is 4. The van der Waals surface area contributed by atoms with Crippen molar-refractivity contribution in [3.8, 4) is 11.4 Å². The molecule has 7 nitrogen and oxygen atoms in total. The first-order valence-corrected chi connectivity index (χ1v) is 10.7. The smallest absolute Gasteiger partial charge is 0.175 e. The van der Waals surface area contributed by atoms with Gasteiger partial charge in [0.1, 0.15) is 16.9 Å². The molecule has 0 aliphatic rings. The summed E-state index contributed by atoms with van der Waals surface area (Å²) >= 11 is 0. The highest BCUT2D eigenvalue weighted by Gasteiger charge is 2.16. The maximum atomic E-state index is 13.3. The molecule has 1 N–H and O–H groups in total. The number of anilines is 2. The van der Waals surface area contributed by atoms with Gasteiger partial charge in [-0.3, -0.25) is 4.68 Å². The zero-order valence-electron chi connectivity index (χ0n) is 16.0. The Labute approximate surface area is 167 Å². The summed E-state index contributed by atoms with van der Waals surface area (Å²) in [5.41, 5.74) is 3.47. The van der Waals surface area contributed by atoms with Gasteiger partial charge < -0.3 is 5.32 Å². The van der Waals surface area contributed by atoms with Gasteiger partial charge in [0.2, 0.25) is 0 Å². The normalized spacial score (nSPS) is 11.7. The summed E-state index contributed by atoms with van der Waals surface area (Å²) in [6, 6.07) is 12.4. The Morgan fingerprint density at radius 3 is 2.28 bits per heavy atom. The average molecular weight is 411 g/mol. The molecule has 0 spiro atoms. The van der Waals surface area contributed by atoms with Gasteiger partial charge >= 0.3 is 0 Å². The second kappa shape index (κ2) is 6.93. The molecule has 4 aromatic rings. The maximum absolute atomic E-state index is 13.3. The minimum Gasteiger partial charge on any atom is -0.338 e. The zero-order chi connectivity index (χ0) is 20.8. The van der Waals surface area contributed by atoms with Crippen LogP contribution in [0.5, 0.6) is 0 Å². The fourth-order valence-electron chi connectivity index (χ4n) is 3.07. The number of halogens is 1. The molecular weight excluding hydrogens is 393 g/mol. The van der Waals surface area contributed by atoms with Crippen LogP contribution in [0.15, 0.2) is 53.4 Å². The van der Waals surface area contributed by atoms with Crippen molar-refractivity contribution in [3.63, 3.8) is 0 Å². The van der Waals surface area contributed by atoms with Crippen molar-refractivity contribution in [2.75, 3.05) is 11.6 Å². The lowest BCUT2D eigenvalue weighted by molar-refractivity contribution is 0.602. The molecule has 0 aliphatic carbocycles. The van der Waals surface area contributed by atoms with Gasteiger partial charge in [-0.25, -0.2) is 22.8 Å². The largest absolute Gasteiger partial charge is 0.338 e. The fraction of sp³-hybridized carbons (Fsp3) is 0.150. The molecule has 148 valence electrons. The second-order valence-electron chi connectivity index (χ2n) is 6.73. The molecule has 2 heterocycles. The van der Waals surface area contributed by atoms with E-state index < -0.39 is 9.84 Å². The van der Waals surface area contributed by atoms with Crippen molar-refractivity contribution >= 4 is 32.4 Å². The first-order valence-electron chi connectivity index (χ1n) is 8.77. The van der Waals surface area contributed by atoms with E-state index in [2.05, 4.69) is 20.4 Å². The van der Waals surface area contributed by atoms with Gasteiger partial charge in [0.15, 0.2) is 21.5 Å². The Balaban J connectivity index is 1.83. The van der Waals surface area contributed by atoms with Crippen LogP contribution in [0.25, 0.3) is 22.4 Å². The Kier molecular flexibility index (Phi) is 4.54. The Hall–Kier alpha value is -3.33. The molecule has 0 radical (unpaired) electrons. The summed E-state index contributed by atoms with van der Waals surface area (Å²) in [7, 11) is -1.48. The maximum Gasteiger partial charge on any atom is 0.175 e. The topological polar surface area (TPSA) is 89.8 Å². The molecule has 0 saturated carbocycles. The van der Waals surface area contributed by atoms with Crippen LogP contribution in [0.2, 0.25) is 0 Å². The van der Waals surface area contributed by atoms with Crippen LogP contribution in [0.3, 0.4) is 0 Å². The third-order valence-corrected chi connectivity index (χ3v) is 5.63. The predicted octanol–water partition coefficient (Wildman–Crippen LogP) is 3.62. The van der Waals surface area contributed by atoms with E-state index in [1.54, 1.807) is 36.0 Å². The number of aryl methyl sites for hydroxylation is 2. The lowest BCUT2D eigenvalue weighted by Crippen LogP contribution is -2.02. The first-order chi connectivity index (χ1) is 13.7. The highest BCUT2D eigenvalue weighted by molar-refractivity contribution is 7.90. The van der Waals surface area contributed by atoms with Crippen molar-refractivity contribution in [1.82, 2.24) is 19.7 Å². The lowest BCUT2D eigenvalue weighted by atomic mass is 10.2. The van der Waals surface area contributed by atoms with Crippen LogP contribution >= 0.6 is 0 Å². The molecule has 0 unspecified atom stereocenters. The Morgan fingerprint density at radius 1 is 1.00 bits per heavy atom. The molecule has 2 aromatic heterocycles. The third kappa shape index (κ3) is 3.68. The van der Waals surface area contributed by atoms with Crippen LogP contribution in [-0.4, -0.2) is 34.4 Å². The summed E-state index contributed by atoms with van der Waals surface area (Å²) < 4.78 is 38.3. The number of hydrogen-bond donors (Lipinski definition) is 1. The summed E-state index contributed by atoms with van der Waals surface area (Å²) in [5.74, 6) is 0.616. The number of fused-ring (bicyclic) bond motifs is 1. The molecule has 0 fully saturated rings. The SMILES string of the molecule is Cc1nn(C)c2c(Nc3ccc(S(C)(=O)=O)cc3)nc(-c3ccc(F)cc3)nc12. The number of sulfone groups is 1.